The average molecular weight is 219 g/mol. The first-order valence-electron chi connectivity index (χ1n) is 5.63. The van der Waals surface area contributed by atoms with Crippen molar-refractivity contribution in [1.82, 2.24) is 5.32 Å². The number of hydrogen-bond donors (Lipinski definition) is 1. The molecule has 0 spiro atoms. The van der Waals surface area contributed by atoms with Crippen LogP contribution in [-0.4, -0.2) is 26.5 Å². The molecule has 1 aromatic rings. The van der Waals surface area contributed by atoms with Crippen molar-refractivity contribution in [3.63, 3.8) is 0 Å². The first kappa shape index (κ1) is 11.1. The Bertz CT molecular complexity index is 347. The zero-order valence-electron chi connectivity index (χ0n) is 9.48. The first-order chi connectivity index (χ1) is 7.83. The molecule has 1 aliphatic heterocycles. The maximum Gasteiger partial charge on any atom is 0.124 e. The standard InChI is InChI=1S/C13H17NO2/c1-16-13-4-2-11(3-5-13)12-6-10(9-15)7-14-8-12/h2-5,9-10,12,14H,6-8H2,1H3. The van der Waals surface area contributed by atoms with Crippen molar-refractivity contribution in [3.8, 4) is 5.75 Å². The van der Waals surface area contributed by atoms with E-state index in [-0.39, 0.29) is 5.92 Å². The summed E-state index contributed by atoms with van der Waals surface area (Å²) in [6.07, 6.45) is 2.01. The predicted octanol–water partition coefficient (Wildman–Crippen LogP) is 1.59. The molecule has 0 bridgehead atoms. The van der Waals surface area contributed by atoms with Crippen molar-refractivity contribution >= 4 is 6.29 Å². The van der Waals surface area contributed by atoms with Crippen molar-refractivity contribution in [3.05, 3.63) is 29.8 Å². The summed E-state index contributed by atoms with van der Waals surface area (Å²) in [5, 5.41) is 3.30. The molecule has 3 nitrogen and oxygen atoms in total. The highest BCUT2D eigenvalue weighted by atomic mass is 16.5. The Hall–Kier alpha value is -1.35. The number of piperidine rings is 1. The fraction of sp³-hybridized carbons (Fsp3) is 0.462. The summed E-state index contributed by atoms with van der Waals surface area (Å²) >= 11 is 0. The van der Waals surface area contributed by atoms with E-state index >= 15 is 0 Å². The van der Waals surface area contributed by atoms with Crippen molar-refractivity contribution in [2.45, 2.75) is 12.3 Å². The Morgan fingerprint density at radius 2 is 2.06 bits per heavy atom. The molecule has 0 amide bonds. The molecule has 16 heavy (non-hydrogen) atoms. The SMILES string of the molecule is COc1ccc(C2CNCC(C=O)C2)cc1. The molecule has 1 fully saturated rings. The molecule has 1 heterocycles. The van der Waals surface area contributed by atoms with Crippen LogP contribution in [0.3, 0.4) is 0 Å². The number of methoxy groups -OCH3 is 1. The van der Waals surface area contributed by atoms with Gasteiger partial charge in [-0.3, -0.25) is 0 Å². The normalized spacial score (nSPS) is 25.1. The van der Waals surface area contributed by atoms with E-state index in [1.807, 2.05) is 12.1 Å². The maximum atomic E-state index is 10.8. The zero-order chi connectivity index (χ0) is 11.4. The highest BCUT2D eigenvalue weighted by molar-refractivity contribution is 5.54. The van der Waals surface area contributed by atoms with Crippen LogP contribution >= 0.6 is 0 Å². The van der Waals surface area contributed by atoms with Gasteiger partial charge in [-0.1, -0.05) is 12.1 Å². The van der Waals surface area contributed by atoms with Crippen LogP contribution in [0.2, 0.25) is 0 Å². The van der Waals surface area contributed by atoms with Crippen LogP contribution in [0, 0.1) is 5.92 Å². The van der Waals surface area contributed by atoms with Gasteiger partial charge in [-0.05, 0) is 30.0 Å². The number of nitrogens with one attached hydrogen (secondary N) is 1. The van der Waals surface area contributed by atoms with Crippen molar-refractivity contribution < 1.29 is 9.53 Å². The van der Waals surface area contributed by atoms with Crippen LogP contribution in [0.5, 0.6) is 5.75 Å². The minimum absolute atomic E-state index is 0.154. The second kappa shape index (κ2) is 5.12. The molecule has 2 atom stereocenters. The fourth-order valence-corrected chi connectivity index (χ4v) is 2.21. The van der Waals surface area contributed by atoms with Gasteiger partial charge in [0.15, 0.2) is 0 Å². The van der Waals surface area contributed by atoms with E-state index in [1.54, 1.807) is 7.11 Å². The minimum atomic E-state index is 0.154. The minimum Gasteiger partial charge on any atom is -0.497 e. The van der Waals surface area contributed by atoms with Gasteiger partial charge in [0.25, 0.3) is 0 Å². The Kier molecular flexibility index (Phi) is 3.57. The molecule has 1 N–H and O–H groups in total. The third-order valence-corrected chi connectivity index (χ3v) is 3.16. The van der Waals surface area contributed by atoms with E-state index in [2.05, 4.69) is 17.4 Å². The summed E-state index contributed by atoms with van der Waals surface area (Å²) in [7, 11) is 1.67. The van der Waals surface area contributed by atoms with Crippen LogP contribution < -0.4 is 10.1 Å². The van der Waals surface area contributed by atoms with Gasteiger partial charge in [0.05, 0.1) is 7.11 Å². The molecule has 3 heteroatoms. The van der Waals surface area contributed by atoms with E-state index in [9.17, 15) is 4.79 Å². The van der Waals surface area contributed by atoms with Crippen LogP contribution in [0.15, 0.2) is 24.3 Å². The highest BCUT2D eigenvalue weighted by Gasteiger charge is 2.22. The molecule has 2 rings (SSSR count). The van der Waals surface area contributed by atoms with Crippen molar-refractivity contribution in [2.24, 2.45) is 5.92 Å². The largest absolute Gasteiger partial charge is 0.497 e. The number of carbonyl (C=O) groups excluding carboxylic acids is 1. The summed E-state index contributed by atoms with van der Waals surface area (Å²) in [6.45, 7) is 1.77. The number of aldehydes is 1. The van der Waals surface area contributed by atoms with E-state index in [0.717, 1.165) is 31.5 Å². The van der Waals surface area contributed by atoms with E-state index < -0.39 is 0 Å². The lowest BCUT2D eigenvalue weighted by Crippen LogP contribution is -2.35. The number of benzene rings is 1. The molecule has 1 aromatic carbocycles. The summed E-state index contributed by atoms with van der Waals surface area (Å²) in [5.74, 6) is 1.47. The quantitative estimate of drug-likeness (QED) is 0.784. The summed E-state index contributed by atoms with van der Waals surface area (Å²) in [5.41, 5.74) is 1.28. The Morgan fingerprint density at radius 3 is 2.69 bits per heavy atom. The van der Waals surface area contributed by atoms with Gasteiger partial charge in [-0.2, -0.15) is 0 Å². The Labute approximate surface area is 95.8 Å². The van der Waals surface area contributed by atoms with Crippen molar-refractivity contribution in [2.75, 3.05) is 20.2 Å². The van der Waals surface area contributed by atoms with Gasteiger partial charge < -0.3 is 14.8 Å². The first-order valence-corrected chi connectivity index (χ1v) is 5.63. The lowest BCUT2D eigenvalue weighted by molar-refractivity contribution is -0.111. The lowest BCUT2D eigenvalue weighted by atomic mass is 9.86. The van der Waals surface area contributed by atoms with E-state index in [4.69, 9.17) is 4.74 Å². The van der Waals surface area contributed by atoms with Gasteiger partial charge >= 0.3 is 0 Å². The fourth-order valence-electron chi connectivity index (χ4n) is 2.21. The van der Waals surface area contributed by atoms with Crippen LogP contribution in [-0.2, 0) is 4.79 Å². The number of rotatable bonds is 3. The molecule has 86 valence electrons. The number of carbonyl (C=O) groups is 1. The van der Waals surface area contributed by atoms with Gasteiger partial charge in [0.2, 0.25) is 0 Å². The van der Waals surface area contributed by atoms with Gasteiger partial charge in [-0.25, -0.2) is 0 Å². The Balaban J connectivity index is 2.07. The van der Waals surface area contributed by atoms with Crippen LogP contribution in [0.1, 0.15) is 17.9 Å². The molecule has 0 aromatic heterocycles. The zero-order valence-corrected chi connectivity index (χ0v) is 9.48. The predicted molar refractivity (Wildman–Crippen MR) is 62.8 cm³/mol. The topological polar surface area (TPSA) is 38.3 Å². The summed E-state index contributed by atoms with van der Waals surface area (Å²) in [6, 6.07) is 8.11. The molecule has 2 unspecified atom stereocenters. The average Bonchev–Trinajstić information content (AvgIpc) is 2.39. The number of ether oxygens (including phenoxy) is 1. The van der Waals surface area contributed by atoms with E-state index in [1.165, 1.54) is 5.56 Å². The molecule has 0 radical (unpaired) electrons. The highest BCUT2D eigenvalue weighted by Crippen LogP contribution is 2.26. The van der Waals surface area contributed by atoms with Crippen LogP contribution in [0.4, 0.5) is 0 Å². The molecule has 1 aliphatic rings. The third kappa shape index (κ3) is 2.42. The maximum absolute atomic E-state index is 10.8. The molecule has 0 aliphatic carbocycles. The van der Waals surface area contributed by atoms with Crippen molar-refractivity contribution in [1.29, 1.82) is 0 Å². The molecular formula is C13H17NO2. The number of hydrogen-bond acceptors (Lipinski definition) is 3. The third-order valence-electron chi connectivity index (χ3n) is 3.16. The molecular weight excluding hydrogens is 202 g/mol. The lowest BCUT2D eigenvalue weighted by Gasteiger charge is -2.27. The molecule has 1 saturated heterocycles. The summed E-state index contributed by atoms with van der Waals surface area (Å²) < 4.78 is 5.13. The monoisotopic (exact) mass is 219 g/mol. The van der Waals surface area contributed by atoms with Gasteiger partial charge in [0.1, 0.15) is 12.0 Å². The van der Waals surface area contributed by atoms with Gasteiger partial charge in [0, 0.05) is 19.0 Å². The summed E-state index contributed by atoms with van der Waals surface area (Å²) in [4.78, 5) is 10.8. The second-order valence-corrected chi connectivity index (χ2v) is 4.26. The van der Waals surface area contributed by atoms with Gasteiger partial charge in [-0.15, -0.1) is 0 Å². The Morgan fingerprint density at radius 1 is 1.31 bits per heavy atom. The van der Waals surface area contributed by atoms with Crippen LogP contribution in [0.25, 0.3) is 0 Å². The second-order valence-electron chi connectivity index (χ2n) is 4.26. The smallest absolute Gasteiger partial charge is 0.124 e. The molecule has 0 saturated carbocycles. The van der Waals surface area contributed by atoms with E-state index in [0.29, 0.717) is 5.92 Å².